The minimum atomic E-state index is -1.28. The van der Waals surface area contributed by atoms with Crippen molar-refractivity contribution in [2.45, 2.75) is 71.8 Å². The summed E-state index contributed by atoms with van der Waals surface area (Å²) < 4.78 is 11.1. The molecule has 4 atom stereocenters. The smallest absolute Gasteiger partial charge is 0.480 e. The van der Waals surface area contributed by atoms with Gasteiger partial charge in [-0.3, -0.25) is 9.59 Å². The van der Waals surface area contributed by atoms with Crippen molar-refractivity contribution in [1.82, 2.24) is 20.7 Å². The second-order valence-electron chi connectivity index (χ2n) is 12.5. The van der Waals surface area contributed by atoms with Gasteiger partial charge in [0.2, 0.25) is 11.8 Å². The van der Waals surface area contributed by atoms with E-state index < -0.39 is 30.2 Å². The summed E-state index contributed by atoms with van der Waals surface area (Å²) in [5.74, 6) is -1.45. The van der Waals surface area contributed by atoms with E-state index in [0.717, 1.165) is 12.0 Å². The SMILES string of the molecule is CC(CC(=O)NC(CNC(=O)COC1CC(CNc2ccccn2)N(OC(=O)OCc2ccccc2)C1)C(=O)O)CC(C)(C)C. The van der Waals surface area contributed by atoms with Gasteiger partial charge in [-0.1, -0.05) is 64.1 Å². The van der Waals surface area contributed by atoms with Crippen molar-refractivity contribution in [3.63, 3.8) is 0 Å². The van der Waals surface area contributed by atoms with E-state index in [-0.39, 0.29) is 56.0 Å². The largest absolute Gasteiger partial charge is 0.528 e. The molecule has 1 saturated heterocycles. The average molecular weight is 628 g/mol. The third-order valence-electron chi connectivity index (χ3n) is 6.98. The van der Waals surface area contributed by atoms with E-state index in [2.05, 4.69) is 41.7 Å². The number of pyridine rings is 1. The van der Waals surface area contributed by atoms with Crippen LogP contribution in [0.25, 0.3) is 0 Å². The Labute approximate surface area is 264 Å². The molecule has 246 valence electrons. The zero-order chi connectivity index (χ0) is 32.8. The highest BCUT2D eigenvalue weighted by molar-refractivity contribution is 5.84. The Hall–Kier alpha value is -4.23. The van der Waals surface area contributed by atoms with E-state index in [1.807, 2.05) is 49.4 Å². The molecule has 0 radical (unpaired) electrons. The lowest BCUT2D eigenvalue weighted by molar-refractivity contribution is -0.144. The predicted molar refractivity (Wildman–Crippen MR) is 166 cm³/mol. The molecule has 2 aromatic rings. The van der Waals surface area contributed by atoms with Gasteiger partial charge < -0.3 is 35.4 Å². The van der Waals surface area contributed by atoms with Crippen LogP contribution in [0.5, 0.6) is 0 Å². The maximum Gasteiger partial charge on any atom is 0.528 e. The lowest BCUT2D eigenvalue weighted by Gasteiger charge is -2.23. The van der Waals surface area contributed by atoms with Gasteiger partial charge in [0.15, 0.2) is 0 Å². The zero-order valence-electron chi connectivity index (χ0n) is 26.4. The number of hydroxylamine groups is 2. The predicted octanol–water partition coefficient (Wildman–Crippen LogP) is 3.37. The second-order valence-corrected chi connectivity index (χ2v) is 12.5. The van der Waals surface area contributed by atoms with Crippen LogP contribution in [0.3, 0.4) is 0 Å². The molecule has 3 rings (SSSR count). The van der Waals surface area contributed by atoms with Gasteiger partial charge >= 0.3 is 12.1 Å². The molecule has 2 amide bonds. The first-order valence-electron chi connectivity index (χ1n) is 15.1. The summed E-state index contributed by atoms with van der Waals surface area (Å²) in [7, 11) is 0. The standard InChI is InChI=1S/C32H45N5O8/c1-22(16-32(2,3)4)14-28(38)36-26(30(40)41)18-35-29(39)21-43-25-15-24(17-34-27-12-8-9-13-33-27)37(19-25)45-31(42)44-20-23-10-6-5-7-11-23/h5-13,22,24-26H,14-21H2,1-4H3,(H,33,34)(H,35,39)(H,36,38)(H,40,41). The van der Waals surface area contributed by atoms with Crippen LogP contribution >= 0.6 is 0 Å². The van der Waals surface area contributed by atoms with Crippen molar-refractivity contribution >= 4 is 29.8 Å². The number of hydrogen-bond donors (Lipinski definition) is 4. The maximum absolute atomic E-state index is 12.5. The number of carbonyl (C=O) groups is 4. The van der Waals surface area contributed by atoms with Crippen LogP contribution in [0, 0.1) is 11.3 Å². The van der Waals surface area contributed by atoms with Crippen molar-refractivity contribution in [2.24, 2.45) is 11.3 Å². The molecular weight excluding hydrogens is 582 g/mol. The molecule has 45 heavy (non-hydrogen) atoms. The fourth-order valence-corrected chi connectivity index (χ4v) is 5.14. The Morgan fingerprint density at radius 2 is 1.80 bits per heavy atom. The highest BCUT2D eigenvalue weighted by atomic mass is 16.8. The summed E-state index contributed by atoms with van der Waals surface area (Å²) in [6.07, 6.45) is 1.76. The Balaban J connectivity index is 1.48. The molecule has 0 bridgehead atoms. The molecule has 1 aromatic carbocycles. The molecule has 0 saturated carbocycles. The summed E-state index contributed by atoms with van der Waals surface area (Å²) in [4.78, 5) is 58.9. The van der Waals surface area contributed by atoms with Gasteiger partial charge in [0.25, 0.3) is 0 Å². The Bertz CT molecular complexity index is 1240. The molecule has 4 N–H and O–H groups in total. The molecule has 1 aromatic heterocycles. The van der Waals surface area contributed by atoms with Gasteiger partial charge in [0, 0.05) is 25.7 Å². The molecule has 2 heterocycles. The van der Waals surface area contributed by atoms with E-state index in [9.17, 15) is 24.3 Å². The van der Waals surface area contributed by atoms with E-state index in [4.69, 9.17) is 14.3 Å². The van der Waals surface area contributed by atoms with E-state index in [0.29, 0.717) is 18.8 Å². The number of nitrogens with zero attached hydrogens (tertiary/aromatic N) is 2. The Morgan fingerprint density at radius 1 is 1.07 bits per heavy atom. The van der Waals surface area contributed by atoms with Crippen molar-refractivity contribution in [2.75, 3.05) is 31.6 Å². The number of anilines is 1. The first-order valence-corrected chi connectivity index (χ1v) is 15.1. The third-order valence-corrected chi connectivity index (χ3v) is 6.98. The van der Waals surface area contributed by atoms with Gasteiger partial charge in [0.05, 0.1) is 18.7 Å². The minimum absolute atomic E-state index is 0.0453. The van der Waals surface area contributed by atoms with E-state index in [1.54, 1.807) is 12.3 Å². The molecule has 4 unspecified atom stereocenters. The molecule has 1 aliphatic heterocycles. The number of amides is 2. The molecule has 1 fully saturated rings. The number of benzene rings is 1. The lowest BCUT2D eigenvalue weighted by Crippen LogP contribution is -2.49. The zero-order valence-corrected chi connectivity index (χ0v) is 26.4. The van der Waals surface area contributed by atoms with Crippen LogP contribution < -0.4 is 16.0 Å². The van der Waals surface area contributed by atoms with Gasteiger partial charge in [-0.05, 0) is 41.9 Å². The van der Waals surface area contributed by atoms with E-state index >= 15 is 0 Å². The first kappa shape index (κ1) is 35.3. The quantitative estimate of drug-likeness (QED) is 0.201. The molecule has 0 spiro atoms. The van der Waals surface area contributed by atoms with Crippen LogP contribution in [-0.2, 0) is 35.3 Å². The number of aromatic nitrogens is 1. The molecule has 13 heteroatoms. The van der Waals surface area contributed by atoms with Gasteiger partial charge in [0.1, 0.15) is 25.1 Å². The number of nitrogens with one attached hydrogen (secondary N) is 3. The van der Waals surface area contributed by atoms with Gasteiger partial charge in [-0.25, -0.2) is 14.6 Å². The average Bonchev–Trinajstić information content (AvgIpc) is 3.37. The van der Waals surface area contributed by atoms with Crippen LogP contribution in [0.4, 0.5) is 10.6 Å². The van der Waals surface area contributed by atoms with Gasteiger partial charge in [-0.2, -0.15) is 0 Å². The minimum Gasteiger partial charge on any atom is -0.480 e. The number of rotatable bonds is 16. The molecule has 0 aliphatic carbocycles. The number of carboxylic acids is 1. The molecular formula is C32H45N5O8. The topological polar surface area (TPSA) is 168 Å². The second kappa shape index (κ2) is 17.3. The number of carboxylic acid groups (broad SMARTS) is 1. The Kier molecular flexibility index (Phi) is 13.6. The normalized spacial score (nSPS) is 18.0. The van der Waals surface area contributed by atoms with Crippen LogP contribution in [0.2, 0.25) is 0 Å². The summed E-state index contributed by atoms with van der Waals surface area (Å²) in [5.41, 5.74) is 0.861. The van der Waals surface area contributed by atoms with Crippen LogP contribution in [-0.4, -0.2) is 83.5 Å². The molecule has 13 nitrogen and oxygen atoms in total. The van der Waals surface area contributed by atoms with Crippen molar-refractivity contribution in [3.8, 4) is 0 Å². The number of aliphatic carboxylic acids is 1. The number of ether oxygens (including phenoxy) is 2. The summed E-state index contributed by atoms with van der Waals surface area (Å²) in [6.45, 7) is 8.16. The first-order chi connectivity index (χ1) is 21.4. The van der Waals surface area contributed by atoms with E-state index in [1.165, 1.54) is 5.06 Å². The molecule has 1 aliphatic rings. The lowest BCUT2D eigenvalue weighted by atomic mass is 9.84. The highest BCUT2D eigenvalue weighted by Gasteiger charge is 2.36. The summed E-state index contributed by atoms with van der Waals surface area (Å²) in [5, 5.41) is 19.2. The van der Waals surface area contributed by atoms with Crippen LogP contribution in [0.1, 0.15) is 52.5 Å². The fraction of sp³-hybridized carbons (Fsp3) is 0.531. The number of carbonyl (C=O) groups excluding carboxylic acids is 3. The van der Waals surface area contributed by atoms with Crippen molar-refractivity contribution in [1.29, 1.82) is 0 Å². The summed E-state index contributed by atoms with van der Waals surface area (Å²) in [6, 6.07) is 13.1. The number of hydrogen-bond acceptors (Lipinski definition) is 10. The summed E-state index contributed by atoms with van der Waals surface area (Å²) >= 11 is 0. The van der Waals surface area contributed by atoms with Crippen molar-refractivity contribution < 1.29 is 38.6 Å². The highest BCUT2D eigenvalue weighted by Crippen LogP contribution is 2.26. The van der Waals surface area contributed by atoms with Crippen LogP contribution in [0.15, 0.2) is 54.7 Å². The fourth-order valence-electron chi connectivity index (χ4n) is 5.14. The van der Waals surface area contributed by atoms with Crippen molar-refractivity contribution in [3.05, 3.63) is 60.3 Å². The van der Waals surface area contributed by atoms with Gasteiger partial charge in [-0.15, -0.1) is 5.06 Å². The third kappa shape index (κ3) is 13.5. The Morgan fingerprint density at radius 3 is 2.47 bits per heavy atom. The monoisotopic (exact) mass is 627 g/mol. The maximum atomic E-state index is 12.5.